The number of carbonyl (C=O) groups is 1. The van der Waals surface area contributed by atoms with Crippen LogP contribution in [0.2, 0.25) is 0 Å². The number of hydrogen-bond acceptors (Lipinski definition) is 6. The Morgan fingerprint density at radius 1 is 1.02 bits per heavy atom. The molecule has 0 spiro atoms. The molecule has 0 atom stereocenters. The second-order valence-electron chi connectivity index (χ2n) is 10.1. The van der Waals surface area contributed by atoms with Gasteiger partial charge in [-0.15, -0.1) is 0 Å². The third-order valence-corrected chi connectivity index (χ3v) is 8.52. The van der Waals surface area contributed by atoms with Crippen molar-refractivity contribution in [1.29, 1.82) is 0 Å². The van der Waals surface area contributed by atoms with Crippen molar-refractivity contribution in [3.8, 4) is 34.0 Å². The van der Waals surface area contributed by atoms with E-state index in [1.165, 1.54) is 50.6 Å². The number of rotatable bonds is 6. The van der Waals surface area contributed by atoms with Crippen molar-refractivity contribution in [2.45, 2.75) is 6.92 Å². The van der Waals surface area contributed by atoms with E-state index in [-0.39, 0.29) is 22.6 Å². The molecule has 0 aliphatic carbocycles. The Balaban J connectivity index is 1.63. The first kappa shape index (κ1) is 28.0. The second-order valence-corrected chi connectivity index (χ2v) is 12.1. The Hall–Kier alpha value is -5.10. The summed E-state index contributed by atoms with van der Waals surface area (Å²) in [6.45, 7) is 1.85. The first-order chi connectivity index (χ1) is 20.5. The molecule has 1 amide bonds. The number of aryl methyl sites for hydroxylation is 1. The monoisotopic (exact) mass is 601 g/mol. The minimum absolute atomic E-state index is 0.199. The number of H-pyrrole nitrogens is 1. The lowest BCUT2D eigenvalue weighted by molar-refractivity contribution is 0.0964. The first-order valence-corrected chi connectivity index (χ1v) is 14.9. The molecule has 0 saturated heterocycles. The fourth-order valence-electron chi connectivity index (χ4n) is 5.03. The predicted molar refractivity (Wildman–Crippen MR) is 161 cm³/mol. The maximum Gasteiger partial charge on any atom is 0.255 e. The van der Waals surface area contributed by atoms with Crippen LogP contribution in [0.3, 0.4) is 0 Å². The Morgan fingerprint density at radius 3 is 2.44 bits per heavy atom. The summed E-state index contributed by atoms with van der Waals surface area (Å²) in [4.78, 5) is 25.1. The zero-order chi connectivity index (χ0) is 30.6. The second kappa shape index (κ2) is 10.3. The molecule has 4 heterocycles. The van der Waals surface area contributed by atoms with Gasteiger partial charge in [-0.25, -0.2) is 22.2 Å². The number of amides is 1. The SMILES string of the molecule is CNC(=O)c1c(-c2ccc(F)cc2)oc2cc(N(C)S(C)(=O)=O)c(-c3ccc(C)c(-c4cc5c(F)cncc5[nH]4)n3)cc12. The van der Waals surface area contributed by atoms with Gasteiger partial charge in [-0.05, 0) is 55.0 Å². The summed E-state index contributed by atoms with van der Waals surface area (Å²) in [6.07, 6.45) is 3.73. The number of nitrogens with zero attached hydrogens (tertiary/aromatic N) is 3. The molecule has 4 aromatic heterocycles. The highest BCUT2D eigenvalue weighted by molar-refractivity contribution is 7.92. The Labute approximate surface area is 245 Å². The summed E-state index contributed by atoms with van der Waals surface area (Å²) < 4.78 is 60.8. The molecular weight excluding hydrogens is 576 g/mol. The molecule has 9 nitrogen and oxygen atoms in total. The maximum atomic E-state index is 14.4. The molecule has 2 N–H and O–H groups in total. The van der Waals surface area contributed by atoms with Crippen molar-refractivity contribution in [3.63, 3.8) is 0 Å². The molecule has 0 aliphatic heterocycles. The van der Waals surface area contributed by atoms with E-state index < -0.39 is 27.6 Å². The van der Waals surface area contributed by atoms with Crippen LogP contribution in [0.1, 0.15) is 15.9 Å². The van der Waals surface area contributed by atoms with Gasteiger partial charge in [0.05, 0.1) is 52.5 Å². The molecule has 2 aromatic carbocycles. The number of furan rings is 1. The van der Waals surface area contributed by atoms with Gasteiger partial charge in [0, 0.05) is 42.1 Å². The average Bonchev–Trinajstić information content (AvgIpc) is 3.58. The van der Waals surface area contributed by atoms with Crippen LogP contribution >= 0.6 is 0 Å². The van der Waals surface area contributed by atoms with E-state index in [4.69, 9.17) is 9.40 Å². The standard InChI is InChI=1S/C31H25F2N5O4S/c1-16-5-10-23(37-29(16)24-12-19-22(33)14-35-15-25(19)36-24)20-11-21-27(13-26(20)38(3)43(4,40)41)42-30(28(21)31(39)34-2)17-6-8-18(32)9-7-17/h5-15,36H,1-4H3,(H,34,39). The van der Waals surface area contributed by atoms with Crippen molar-refractivity contribution in [2.24, 2.45) is 0 Å². The number of anilines is 1. The van der Waals surface area contributed by atoms with Gasteiger partial charge in [0.2, 0.25) is 10.0 Å². The Kier molecular flexibility index (Phi) is 6.73. The summed E-state index contributed by atoms with van der Waals surface area (Å²) in [6, 6.07) is 13.9. The first-order valence-electron chi connectivity index (χ1n) is 13.1. The number of hydrogen-bond donors (Lipinski definition) is 2. The van der Waals surface area contributed by atoms with Gasteiger partial charge < -0.3 is 14.7 Å². The van der Waals surface area contributed by atoms with Crippen molar-refractivity contribution >= 4 is 43.5 Å². The van der Waals surface area contributed by atoms with E-state index in [0.29, 0.717) is 44.5 Å². The largest absolute Gasteiger partial charge is 0.455 e. The molecule has 43 heavy (non-hydrogen) atoms. The number of halogens is 2. The summed E-state index contributed by atoms with van der Waals surface area (Å²) in [7, 11) is -0.851. The number of fused-ring (bicyclic) bond motifs is 2. The molecule has 0 saturated carbocycles. The van der Waals surface area contributed by atoms with E-state index in [1.807, 2.05) is 13.0 Å². The van der Waals surface area contributed by atoms with Gasteiger partial charge in [-0.1, -0.05) is 6.07 Å². The molecular formula is C31H25F2N5O4S. The number of aromatic nitrogens is 3. The van der Waals surface area contributed by atoms with Crippen LogP contribution in [0.4, 0.5) is 14.5 Å². The van der Waals surface area contributed by atoms with Gasteiger partial charge in [0.1, 0.15) is 17.2 Å². The number of carbonyl (C=O) groups excluding carboxylic acids is 1. The van der Waals surface area contributed by atoms with Crippen LogP contribution in [-0.4, -0.2) is 49.6 Å². The normalized spacial score (nSPS) is 11.8. The van der Waals surface area contributed by atoms with Crippen molar-refractivity contribution in [1.82, 2.24) is 20.3 Å². The third-order valence-electron chi connectivity index (χ3n) is 7.33. The van der Waals surface area contributed by atoms with Gasteiger partial charge in [0.25, 0.3) is 5.91 Å². The minimum Gasteiger partial charge on any atom is -0.455 e. The van der Waals surface area contributed by atoms with E-state index in [2.05, 4.69) is 15.3 Å². The zero-order valence-corrected chi connectivity index (χ0v) is 24.3. The van der Waals surface area contributed by atoms with Crippen molar-refractivity contribution < 1.29 is 26.4 Å². The van der Waals surface area contributed by atoms with Gasteiger partial charge >= 0.3 is 0 Å². The zero-order valence-electron chi connectivity index (χ0n) is 23.5. The molecule has 0 aliphatic rings. The summed E-state index contributed by atoms with van der Waals surface area (Å²) in [5.74, 6) is -1.17. The van der Waals surface area contributed by atoms with Crippen LogP contribution in [0.15, 0.2) is 71.4 Å². The lowest BCUT2D eigenvalue weighted by atomic mass is 10.00. The summed E-state index contributed by atoms with van der Waals surface area (Å²) >= 11 is 0. The molecule has 6 rings (SSSR count). The van der Waals surface area contributed by atoms with E-state index in [1.54, 1.807) is 18.2 Å². The third kappa shape index (κ3) is 4.89. The highest BCUT2D eigenvalue weighted by Crippen LogP contribution is 2.41. The average molecular weight is 602 g/mol. The van der Waals surface area contributed by atoms with Crippen LogP contribution < -0.4 is 9.62 Å². The van der Waals surface area contributed by atoms with Gasteiger partial charge in [-0.2, -0.15) is 0 Å². The maximum absolute atomic E-state index is 14.4. The van der Waals surface area contributed by atoms with Crippen molar-refractivity contribution in [2.75, 3.05) is 24.7 Å². The summed E-state index contributed by atoms with van der Waals surface area (Å²) in [5.41, 5.74) is 4.33. The van der Waals surface area contributed by atoms with Crippen molar-refractivity contribution in [3.05, 3.63) is 89.8 Å². The highest BCUT2D eigenvalue weighted by atomic mass is 32.2. The molecule has 218 valence electrons. The number of benzene rings is 2. The topological polar surface area (TPSA) is 121 Å². The number of sulfonamides is 1. The van der Waals surface area contributed by atoms with Crippen LogP contribution in [0.25, 0.3) is 55.8 Å². The fourth-order valence-corrected chi connectivity index (χ4v) is 5.54. The molecule has 0 bridgehead atoms. The summed E-state index contributed by atoms with van der Waals surface area (Å²) in [5, 5.41) is 3.39. The molecule has 6 aromatic rings. The van der Waals surface area contributed by atoms with Crippen LogP contribution in [-0.2, 0) is 10.0 Å². The smallest absolute Gasteiger partial charge is 0.255 e. The number of aromatic amines is 1. The molecule has 0 radical (unpaired) electrons. The Bertz CT molecular complexity index is 2170. The molecule has 0 fully saturated rings. The van der Waals surface area contributed by atoms with Crippen LogP contribution in [0.5, 0.6) is 0 Å². The fraction of sp³-hybridized carbons (Fsp3) is 0.129. The number of pyridine rings is 2. The van der Waals surface area contributed by atoms with E-state index in [9.17, 15) is 22.0 Å². The quantitative estimate of drug-likeness (QED) is 0.240. The Morgan fingerprint density at radius 2 is 1.77 bits per heavy atom. The number of nitrogens with one attached hydrogen (secondary N) is 2. The molecule has 0 unspecified atom stereocenters. The predicted octanol–water partition coefficient (Wildman–Crippen LogP) is 6.05. The highest BCUT2D eigenvalue weighted by Gasteiger charge is 2.26. The van der Waals surface area contributed by atoms with Crippen LogP contribution in [0, 0.1) is 18.6 Å². The van der Waals surface area contributed by atoms with Gasteiger partial charge in [0.15, 0.2) is 5.82 Å². The minimum atomic E-state index is -3.74. The van der Waals surface area contributed by atoms with E-state index in [0.717, 1.165) is 22.3 Å². The molecule has 12 heteroatoms. The van der Waals surface area contributed by atoms with Gasteiger partial charge in [-0.3, -0.25) is 14.1 Å². The van der Waals surface area contributed by atoms with E-state index >= 15 is 0 Å². The lowest BCUT2D eigenvalue weighted by Gasteiger charge is -2.20. The lowest BCUT2D eigenvalue weighted by Crippen LogP contribution is -2.25.